The van der Waals surface area contributed by atoms with E-state index >= 15 is 0 Å². The van der Waals surface area contributed by atoms with E-state index in [2.05, 4.69) is 15.0 Å². The fourth-order valence-corrected chi connectivity index (χ4v) is 2.25. The number of anilines is 1. The number of hydrogen-bond acceptors (Lipinski definition) is 6. The average molecular weight is 336 g/mol. The molecule has 1 fully saturated rings. The zero-order valence-electron chi connectivity index (χ0n) is 8.93. The molecule has 2 rings (SSSR count). The maximum Gasteiger partial charge on any atom is 0.321 e. The highest BCUT2D eigenvalue weighted by molar-refractivity contribution is 14.1. The van der Waals surface area contributed by atoms with Crippen LogP contribution in [0.2, 0.25) is 0 Å². The molecule has 1 N–H and O–H groups in total. The highest BCUT2D eigenvalue weighted by atomic mass is 127. The zero-order valence-corrected chi connectivity index (χ0v) is 11.1. The smallest absolute Gasteiger partial charge is 0.321 e. The lowest BCUT2D eigenvalue weighted by atomic mass is 10.2. The van der Waals surface area contributed by atoms with Gasteiger partial charge in [0.15, 0.2) is 3.83 Å². The molecule has 7 heteroatoms. The Hall–Kier alpha value is -0.700. The summed E-state index contributed by atoms with van der Waals surface area (Å²) < 4.78 is 5.61. The first-order valence-corrected chi connectivity index (χ1v) is 6.15. The van der Waals surface area contributed by atoms with Gasteiger partial charge in [-0.15, -0.1) is 0 Å². The molecule has 2 heterocycles. The van der Waals surface area contributed by atoms with Crippen molar-refractivity contribution in [2.45, 2.75) is 18.9 Å². The fraction of sp³-hybridized carbons (Fsp3) is 0.667. The summed E-state index contributed by atoms with van der Waals surface area (Å²) in [6, 6.07) is 0.431. The predicted molar refractivity (Wildman–Crippen MR) is 66.5 cm³/mol. The Labute approximate surface area is 107 Å². The maximum absolute atomic E-state index is 9.25. The summed E-state index contributed by atoms with van der Waals surface area (Å²) in [5, 5.41) is 9.25. The Morgan fingerprint density at radius 2 is 2.31 bits per heavy atom. The molecule has 88 valence electrons. The van der Waals surface area contributed by atoms with Gasteiger partial charge in [0.1, 0.15) is 0 Å². The van der Waals surface area contributed by atoms with Crippen LogP contribution >= 0.6 is 22.6 Å². The van der Waals surface area contributed by atoms with Crippen molar-refractivity contribution in [3.05, 3.63) is 3.83 Å². The second-order valence-electron chi connectivity index (χ2n) is 3.56. The molecule has 0 spiro atoms. The molecule has 6 nitrogen and oxygen atoms in total. The maximum atomic E-state index is 9.25. The van der Waals surface area contributed by atoms with Gasteiger partial charge in [-0.25, -0.2) is 0 Å². The molecule has 1 aliphatic rings. The topological polar surface area (TPSA) is 71.4 Å². The predicted octanol–water partition coefficient (Wildman–Crippen LogP) is 0.446. The van der Waals surface area contributed by atoms with E-state index in [4.69, 9.17) is 4.74 Å². The lowest BCUT2D eigenvalue weighted by Gasteiger charge is -2.22. The summed E-state index contributed by atoms with van der Waals surface area (Å²) >= 11 is 2.03. The zero-order chi connectivity index (χ0) is 11.5. The molecule has 1 aliphatic heterocycles. The van der Waals surface area contributed by atoms with Crippen LogP contribution < -0.4 is 9.64 Å². The van der Waals surface area contributed by atoms with Crippen LogP contribution in [0.4, 0.5) is 5.95 Å². The minimum atomic E-state index is 0.114. The molecule has 1 aromatic heterocycles. The van der Waals surface area contributed by atoms with E-state index in [-0.39, 0.29) is 12.6 Å². The Kier molecular flexibility index (Phi) is 3.74. The standard InChI is InChI=1S/C9H13IN4O2/c1-16-9-12-7(10)11-8(13-9)14-4-2-3-6(14)5-15/h6,15H,2-5H2,1H3. The first-order chi connectivity index (χ1) is 7.74. The molecule has 1 unspecified atom stereocenters. The number of nitrogens with zero attached hydrogens (tertiary/aromatic N) is 4. The van der Waals surface area contributed by atoms with Crippen LogP contribution in [0.3, 0.4) is 0 Å². The highest BCUT2D eigenvalue weighted by Gasteiger charge is 2.26. The number of ether oxygens (including phenoxy) is 1. The summed E-state index contributed by atoms with van der Waals surface area (Å²) in [4.78, 5) is 14.5. The van der Waals surface area contributed by atoms with Gasteiger partial charge in [0.05, 0.1) is 19.8 Å². The van der Waals surface area contributed by atoms with Gasteiger partial charge >= 0.3 is 6.01 Å². The molecule has 0 amide bonds. The average Bonchev–Trinajstić information content (AvgIpc) is 2.76. The van der Waals surface area contributed by atoms with Crippen molar-refractivity contribution < 1.29 is 9.84 Å². The lowest BCUT2D eigenvalue weighted by Crippen LogP contribution is -2.33. The second kappa shape index (κ2) is 5.09. The van der Waals surface area contributed by atoms with E-state index in [1.54, 1.807) is 0 Å². The van der Waals surface area contributed by atoms with Crippen LogP contribution in [-0.2, 0) is 0 Å². The lowest BCUT2D eigenvalue weighted by molar-refractivity contribution is 0.265. The summed E-state index contributed by atoms with van der Waals surface area (Å²) in [7, 11) is 1.53. The van der Waals surface area contributed by atoms with Crippen molar-refractivity contribution in [1.82, 2.24) is 15.0 Å². The second-order valence-corrected chi connectivity index (χ2v) is 4.53. The van der Waals surface area contributed by atoms with Gasteiger partial charge < -0.3 is 14.7 Å². The van der Waals surface area contributed by atoms with Crippen molar-refractivity contribution in [2.75, 3.05) is 25.2 Å². The van der Waals surface area contributed by atoms with E-state index < -0.39 is 0 Å². The van der Waals surface area contributed by atoms with E-state index in [1.165, 1.54) is 7.11 Å². The molecular weight excluding hydrogens is 323 g/mol. The molecule has 1 aromatic rings. The van der Waals surface area contributed by atoms with Gasteiger partial charge in [0.25, 0.3) is 0 Å². The van der Waals surface area contributed by atoms with Crippen LogP contribution in [-0.4, -0.2) is 46.4 Å². The van der Waals surface area contributed by atoms with Gasteiger partial charge in [-0.2, -0.15) is 15.0 Å². The quantitative estimate of drug-likeness (QED) is 0.808. The van der Waals surface area contributed by atoms with Crippen LogP contribution in [0.1, 0.15) is 12.8 Å². The van der Waals surface area contributed by atoms with Gasteiger partial charge in [-0.3, -0.25) is 0 Å². The van der Waals surface area contributed by atoms with Crippen LogP contribution in [0.25, 0.3) is 0 Å². The number of halogens is 1. The van der Waals surface area contributed by atoms with Gasteiger partial charge in [0, 0.05) is 29.1 Å². The van der Waals surface area contributed by atoms with Gasteiger partial charge in [-0.05, 0) is 12.8 Å². The molecule has 0 bridgehead atoms. The van der Waals surface area contributed by atoms with Crippen molar-refractivity contribution in [1.29, 1.82) is 0 Å². The van der Waals surface area contributed by atoms with E-state index in [0.29, 0.717) is 15.8 Å². The highest BCUT2D eigenvalue weighted by Crippen LogP contribution is 2.23. The third-order valence-corrected chi connectivity index (χ3v) is 3.09. The summed E-state index contributed by atoms with van der Waals surface area (Å²) in [5.41, 5.74) is 0. The first-order valence-electron chi connectivity index (χ1n) is 5.07. The van der Waals surface area contributed by atoms with Gasteiger partial charge in [-0.1, -0.05) is 0 Å². The Bertz CT molecular complexity index is 377. The van der Waals surface area contributed by atoms with E-state index in [1.807, 2.05) is 27.5 Å². The number of hydrogen-bond donors (Lipinski definition) is 1. The van der Waals surface area contributed by atoms with Crippen LogP contribution in [0.15, 0.2) is 0 Å². The first kappa shape index (κ1) is 11.8. The number of aliphatic hydroxyl groups excluding tert-OH is 1. The molecular formula is C9H13IN4O2. The molecule has 0 radical (unpaired) electrons. The fourth-order valence-electron chi connectivity index (χ4n) is 1.83. The van der Waals surface area contributed by atoms with Crippen molar-refractivity contribution >= 4 is 28.5 Å². The molecule has 1 saturated heterocycles. The monoisotopic (exact) mass is 336 g/mol. The van der Waals surface area contributed by atoms with E-state index in [9.17, 15) is 5.11 Å². The van der Waals surface area contributed by atoms with Crippen molar-refractivity contribution in [3.8, 4) is 6.01 Å². The van der Waals surface area contributed by atoms with Gasteiger partial charge in [0.2, 0.25) is 5.95 Å². The Balaban J connectivity index is 2.28. The molecule has 0 aliphatic carbocycles. The third-order valence-electron chi connectivity index (χ3n) is 2.60. The van der Waals surface area contributed by atoms with Crippen LogP contribution in [0, 0.1) is 3.83 Å². The largest absolute Gasteiger partial charge is 0.467 e. The van der Waals surface area contributed by atoms with Crippen molar-refractivity contribution in [3.63, 3.8) is 0 Å². The van der Waals surface area contributed by atoms with E-state index in [0.717, 1.165) is 19.4 Å². The SMILES string of the molecule is COc1nc(I)nc(N2CCCC2CO)n1. The summed E-state index contributed by atoms with van der Waals surface area (Å²) in [6.45, 7) is 0.999. The molecule has 0 saturated carbocycles. The minimum Gasteiger partial charge on any atom is -0.467 e. The Morgan fingerprint density at radius 1 is 1.50 bits per heavy atom. The number of aliphatic hydroxyl groups is 1. The number of rotatable bonds is 3. The van der Waals surface area contributed by atoms with Crippen LogP contribution in [0.5, 0.6) is 6.01 Å². The summed E-state index contributed by atoms with van der Waals surface area (Å²) in [6.07, 6.45) is 2.02. The summed E-state index contributed by atoms with van der Waals surface area (Å²) in [5.74, 6) is 0.591. The number of aromatic nitrogens is 3. The van der Waals surface area contributed by atoms with Crippen molar-refractivity contribution in [2.24, 2.45) is 0 Å². The molecule has 16 heavy (non-hydrogen) atoms. The number of methoxy groups -OCH3 is 1. The normalized spacial score (nSPS) is 20.2. The third kappa shape index (κ3) is 2.34. The minimum absolute atomic E-state index is 0.114. The molecule has 1 atom stereocenters. The molecule has 0 aromatic carbocycles. The Morgan fingerprint density at radius 3 is 3.00 bits per heavy atom.